The molecule has 2 rings (SSSR count). The van der Waals surface area contributed by atoms with Crippen LogP contribution in [0.3, 0.4) is 0 Å². The van der Waals surface area contributed by atoms with Crippen molar-refractivity contribution in [1.29, 1.82) is 0 Å². The molecule has 1 aliphatic carbocycles. The molecule has 1 aromatic rings. The van der Waals surface area contributed by atoms with Gasteiger partial charge in [-0.05, 0) is 49.8 Å². The molecule has 1 aliphatic rings. The van der Waals surface area contributed by atoms with Gasteiger partial charge in [-0.25, -0.2) is 0 Å². The zero-order valence-electron chi connectivity index (χ0n) is 13.3. The van der Waals surface area contributed by atoms with Gasteiger partial charge in [-0.15, -0.1) is 0 Å². The molecule has 0 saturated heterocycles. The molecular weight excluding hydrogens is 248 g/mol. The molecule has 3 heteroatoms. The lowest BCUT2D eigenvalue weighted by Crippen LogP contribution is -2.44. The predicted octanol–water partition coefficient (Wildman–Crippen LogP) is 3.66. The highest BCUT2D eigenvalue weighted by atomic mass is 16.3. The maximum Gasteiger partial charge on any atom is 0.117 e. The van der Waals surface area contributed by atoms with Crippen LogP contribution in [-0.4, -0.2) is 30.6 Å². The van der Waals surface area contributed by atoms with E-state index in [-0.39, 0.29) is 0 Å². The molecule has 1 N–H and O–H groups in total. The quantitative estimate of drug-likeness (QED) is 0.708. The van der Waals surface area contributed by atoms with Crippen LogP contribution < -0.4 is 5.32 Å². The van der Waals surface area contributed by atoms with Crippen LogP contribution in [0.1, 0.15) is 52.2 Å². The van der Waals surface area contributed by atoms with Crippen LogP contribution in [0.2, 0.25) is 0 Å². The van der Waals surface area contributed by atoms with Crippen LogP contribution in [0, 0.1) is 5.41 Å². The number of rotatable bonds is 10. The third-order valence-electron chi connectivity index (χ3n) is 4.81. The maximum absolute atomic E-state index is 5.50. The molecule has 0 amide bonds. The van der Waals surface area contributed by atoms with Gasteiger partial charge >= 0.3 is 0 Å². The normalized spacial score (nSPS) is 16.0. The standard InChI is InChI=1S/C17H30N2O/c1-4-17(5-2,13-18-15-9-10-15)14-19(6-3)12-16-8-7-11-20-16/h7-8,11,15,18H,4-6,9-10,12-14H2,1-3H3. The number of furan rings is 1. The van der Waals surface area contributed by atoms with E-state index in [1.807, 2.05) is 6.07 Å². The van der Waals surface area contributed by atoms with E-state index in [0.29, 0.717) is 5.41 Å². The zero-order valence-corrected chi connectivity index (χ0v) is 13.3. The van der Waals surface area contributed by atoms with E-state index in [0.717, 1.165) is 38.0 Å². The largest absolute Gasteiger partial charge is 0.468 e. The average Bonchev–Trinajstić information content (AvgIpc) is 3.18. The van der Waals surface area contributed by atoms with Gasteiger partial charge in [-0.1, -0.05) is 20.8 Å². The highest BCUT2D eigenvalue weighted by Crippen LogP contribution is 2.29. The fourth-order valence-electron chi connectivity index (χ4n) is 2.80. The van der Waals surface area contributed by atoms with Gasteiger partial charge in [0.2, 0.25) is 0 Å². The Kier molecular flexibility index (Phi) is 5.67. The lowest BCUT2D eigenvalue weighted by Gasteiger charge is -2.37. The Morgan fingerprint density at radius 2 is 2.05 bits per heavy atom. The van der Waals surface area contributed by atoms with Crippen molar-refractivity contribution in [1.82, 2.24) is 10.2 Å². The third kappa shape index (κ3) is 4.35. The first-order valence-corrected chi connectivity index (χ1v) is 8.19. The Bertz CT molecular complexity index is 366. The number of hydrogen-bond acceptors (Lipinski definition) is 3. The summed E-state index contributed by atoms with van der Waals surface area (Å²) in [5.74, 6) is 1.07. The summed E-state index contributed by atoms with van der Waals surface area (Å²) in [6.45, 7) is 11.2. The van der Waals surface area contributed by atoms with Crippen molar-refractivity contribution >= 4 is 0 Å². The van der Waals surface area contributed by atoms with Gasteiger partial charge in [0.25, 0.3) is 0 Å². The minimum absolute atomic E-state index is 0.394. The van der Waals surface area contributed by atoms with E-state index >= 15 is 0 Å². The van der Waals surface area contributed by atoms with E-state index in [1.54, 1.807) is 6.26 Å². The number of nitrogens with zero attached hydrogens (tertiary/aromatic N) is 1. The highest BCUT2D eigenvalue weighted by Gasteiger charge is 2.31. The predicted molar refractivity (Wildman–Crippen MR) is 83.7 cm³/mol. The van der Waals surface area contributed by atoms with Crippen LogP contribution in [0.5, 0.6) is 0 Å². The minimum Gasteiger partial charge on any atom is -0.468 e. The van der Waals surface area contributed by atoms with Crippen LogP contribution in [-0.2, 0) is 6.54 Å². The van der Waals surface area contributed by atoms with E-state index in [1.165, 1.54) is 25.7 Å². The summed E-state index contributed by atoms with van der Waals surface area (Å²) in [6.07, 6.45) is 6.97. The van der Waals surface area contributed by atoms with E-state index in [4.69, 9.17) is 4.42 Å². The molecule has 0 spiro atoms. The van der Waals surface area contributed by atoms with Gasteiger partial charge in [-0.2, -0.15) is 0 Å². The molecule has 114 valence electrons. The molecule has 1 heterocycles. The first-order valence-electron chi connectivity index (χ1n) is 8.19. The summed E-state index contributed by atoms with van der Waals surface area (Å²) in [4.78, 5) is 2.51. The van der Waals surface area contributed by atoms with Crippen LogP contribution >= 0.6 is 0 Å². The van der Waals surface area contributed by atoms with Crippen molar-refractivity contribution in [3.63, 3.8) is 0 Å². The summed E-state index contributed by atoms with van der Waals surface area (Å²) in [5.41, 5.74) is 0.394. The van der Waals surface area contributed by atoms with Crippen LogP contribution in [0.25, 0.3) is 0 Å². The minimum atomic E-state index is 0.394. The molecule has 1 aromatic heterocycles. The van der Waals surface area contributed by atoms with Gasteiger partial charge in [0.15, 0.2) is 0 Å². The first kappa shape index (κ1) is 15.6. The Labute approximate surface area is 123 Å². The summed E-state index contributed by atoms with van der Waals surface area (Å²) in [5, 5.41) is 3.74. The number of nitrogens with one attached hydrogen (secondary N) is 1. The van der Waals surface area contributed by atoms with E-state index in [9.17, 15) is 0 Å². The van der Waals surface area contributed by atoms with Crippen molar-refractivity contribution in [2.75, 3.05) is 19.6 Å². The number of hydrogen-bond donors (Lipinski definition) is 1. The molecule has 0 radical (unpaired) electrons. The summed E-state index contributed by atoms with van der Waals surface area (Å²) >= 11 is 0. The fraction of sp³-hybridized carbons (Fsp3) is 0.765. The molecule has 0 aromatic carbocycles. The Morgan fingerprint density at radius 3 is 2.55 bits per heavy atom. The van der Waals surface area contributed by atoms with E-state index in [2.05, 4.69) is 37.1 Å². The smallest absolute Gasteiger partial charge is 0.117 e. The second kappa shape index (κ2) is 7.28. The fourth-order valence-corrected chi connectivity index (χ4v) is 2.80. The van der Waals surface area contributed by atoms with Crippen LogP contribution in [0.15, 0.2) is 22.8 Å². The van der Waals surface area contributed by atoms with Crippen molar-refractivity contribution in [2.45, 2.75) is 59.0 Å². The Balaban J connectivity index is 1.92. The molecule has 0 bridgehead atoms. The maximum atomic E-state index is 5.50. The molecule has 0 atom stereocenters. The Hall–Kier alpha value is -0.800. The van der Waals surface area contributed by atoms with Crippen molar-refractivity contribution in [3.05, 3.63) is 24.2 Å². The van der Waals surface area contributed by atoms with E-state index < -0.39 is 0 Å². The highest BCUT2D eigenvalue weighted by molar-refractivity contribution is 4.98. The lowest BCUT2D eigenvalue weighted by atomic mass is 9.81. The monoisotopic (exact) mass is 278 g/mol. The SMILES string of the molecule is CCN(Cc1ccco1)CC(CC)(CC)CNC1CC1. The average molecular weight is 278 g/mol. The summed E-state index contributed by atoms with van der Waals surface area (Å²) in [7, 11) is 0. The second-order valence-corrected chi connectivity index (χ2v) is 6.24. The molecule has 1 saturated carbocycles. The molecule has 0 unspecified atom stereocenters. The summed E-state index contributed by atoms with van der Waals surface area (Å²) in [6, 6.07) is 4.85. The van der Waals surface area contributed by atoms with Crippen molar-refractivity contribution < 1.29 is 4.42 Å². The molecule has 3 nitrogen and oxygen atoms in total. The molecule has 1 fully saturated rings. The topological polar surface area (TPSA) is 28.4 Å². The van der Waals surface area contributed by atoms with Gasteiger partial charge < -0.3 is 9.73 Å². The lowest BCUT2D eigenvalue weighted by molar-refractivity contribution is 0.126. The van der Waals surface area contributed by atoms with Gasteiger partial charge in [-0.3, -0.25) is 4.90 Å². The van der Waals surface area contributed by atoms with Gasteiger partial charge in [0.05, 0.1) is 12.8 Å². The van der Waals surface area contributed by atoms with Crippen molar-refractivity contribution in [3.8, 4) is 0 Å². The Morgan fingerprint density at radius 1 is 1.30 bits per heavy atom. The van der Waals surface area contributed by atoms with Gasteiger partial charge in [0.1, 0.15) is 5.76 Å². The summed E-state index contributed by atoms with van der Waals surface area (Å²) < 4.78 is 5.50. The van der Waals surface area contributed by atoms with Crippen LogP contribution in [0.4, 0.5) is 0 Å². The molecular formula is C17H30N2O. The first-order chi connectivity index (χ1) is 9.71. The second-order valence-electron chi connectivity index (χ2n) is 6.24. The van der Waals surface area contributed by atoms with Gasteiger partial charge in [0, 0.05) is 19.1 Å². The third-order valence-corrected chi connectivity index (χ3v) is 4.81. The van der Waals surface area contributed by atoms with Crippen molar-refractivity contribution in [2.24, 2.45) is 5.41 Å². The molecule has 20 heavy (non-hydrogen) atoms. The zero-order chi connectivity index (χ0) is 14.4. The molecule has 0 aliphatic heterocycles.